The van der Waals surface area contributed by atoms with Gasteiger partial charge in [-0.1, -0.05) is 35.9 Å². The number of nitrogens with zero attached hydrogens (tertiary/aromatic N) is 4. The van der Waals surface area contributed by atoms with E-state index in [1.165, 1.54) is 30.2 Å². The Balaban J connectivity index is 1.45. The first-order valence-corrected chi connectivity index (χ1v) is 13.5. The molecule has 0 bridgehead atoms. The first-order valence-electron chi connectivity index (χ1n) is 12.0. The zero-order valence-corrected chi connectivity index (χ0v) is 21.2. The van der Waals surface area contributed by atoms with Crippen LogP contribution in [0.1, 0.15) is 50.9 Å². The fourth-order valence-corrected chi connectivity index (χ4v) is 6.90. The van der Waals surface area contributed by atoms with Gasteiger partial charge in [-0.15, -0.1) is 0 Å². The molecular formula is C27H21N5O5S. The molecular weight excluding hydrogens is 506 g/mol. The molecule has 0 fully saturated rings. The van der Waals surface area contributed by atoms with E-state index in [1.54, 1.807) is 36.4 Å². The molecule has 0 radical (unpaired) electrons. The van der Waals surface area contributed by atoms with Gasteiger partial charge in [-0.3, -0.25) is 24.6 Å². The standard InChI is InChI=1S/C27H21N5O5S/c1-14-7-9-16(10-8-14)38(36,37)31-13-15-11-12-28-21-19(15)23(31)24(33)20-22(21)29-30-25(20)32-18-6-4-3-5-17(18)27(2,35)26(32)34/h3-10,13,35H,11-12H2,1-2H3,(H,29,30). The predicted octanol–water partition coefficient (Wildman–Crippen LogP) is 2.58. The summed E-state index contributed by atoms with van der Waals surface area (Å²) in [6.07, 6.45) is 1.97. The molecule has 0 saturated carbocycles. The number of rotatable bonds is 3. The van der Waals surface area contributed by atoms with Gasteiger partial charge < -0.3 is 5.11 Å². The van der Waals surface area contributed by atoms with Crippen molar-refractivity contribution in [2.45, 2.75) is 30.8 Å². The Labute approximate surface area is 217 Å². The number of para-hydroxylation sites is 1. The highest BCUT2D eigenvalue weighted by atomic mass is 32.2. The van der Waals surface area contributed by atoms with Crippen LogP contribution in [-0.2, 0) is 26.8 Å². The minimum atomic E-state index is -4.12. The summed E-state index contributed by atoms with van der Waals surface area (Å²) in [4.78, 5) is 33.5. The van der Waals surface area contributed by atoms with Gasteiger partial charge in [0.15, 0.2) is 11.4 Å². The number of anilines is 2. The number of aromatic nitrogens is 3. The maximum atomic E-state index is 14.2. The molecule has 1 atom stereocenters. The highest BCUT2D eigenvalue weighted by Crippen LogP contribution is 2.46. The largest absolute Gasteiger partial charge is 0.375 e. The molecule has 1 unspecified atom stereocenters. The number of aryl methyl sites for hydroxylation is 1. The number of hydrogen-bond acceptors (Lipinski definition) is 7. The van der Waals surface area contributed by atoms with Crippen LogP contribution >= 0.6 is 0 Å². The van der Waals surface area contributed by atoms with Gasteiger partial charge >= 0.3 is 0 Å². The number of H-pyrrole nitrogens is 1. The number of aliphatic hydroxyl groups is 1. The summed E-state index contributed by atoms with van der Waals surface area (Å²) >= 11 is 0. The molecule has 2 aromatic carbocycles. The zero-order chi connectivity index (χ0) is 26.6. The van der Waals surface area contributed by atoms with Gasteiger partial charge in [0.1, 0.15) is 5.69 Å². The van der Waals surface area contributed by atoms with Gasteiger partial charge in [0, 0.05) is 23.9 Å². The molecule has 2 N–H and O–H groups in total. The summed E-state index contributed by atoms with van der Waals surface area (Å²) in [5, 5.41) is 18.2. The molecule has 4 aromatic rings. The monoisotopic (exact) mass is 527 g/mol. The number of amides is 1. The van der Waals surface area contributed by atoms with E-state index >= 15 is 0 Å². The van der Waals surface area contributed by atoms with Gasteiger partial charge in [0.2, 0.25) is 5.78 Å². The van der Waals surface area contributed by atoms with Gasteiger partial charge in [0.25, 0.3) is 15.9 Å². The van der Waals surface area contributed by atoms with Crippen molar-refractivity contribution in [3.63, 3.8) is 0 Å². The van der Waals surface area contributed by atoms with Crippen molar-refractivity contribution in [3.05, 3.63) is 93.9 Å². The zero-order valence-electron chi connectivity index (χ0n) is 20.4. The topological polar surface area (TPSA) is 138 Å². The van der Waals surface area contributed by atoms with Crippen LogP contribution in [0.5, 0.6) is 0 Å². The van der Waals surface area contributed by atoms with E-state index in [2.05, 4.69) is 15.2 Å². The summed E-state index contributed by atoms with van der Waals surface area (Å²) < 4.78 is 28.6. The lowest BCUT2D eigenvalue weighted by Crippen LogP contribution is -2.36. The average molecular weight is 528 g/mol. The normalized spacial score (nSPS) is 19.8. The third-order valence-electron chi connectivity index (χ3n) is 7.44. The Kier molecular flexibility index (Phi) is 4.42. The molecule has 3 aliphatic rings. The molecule has 1 amide bonds. The van der Waals surface area contributed by atoms with Crippen LogP contribution in [-0.4, -0.2) is 51.6 Å². The number of nitrogens with one attached hydrogen (secondary N) is 1. The van der Waals surface area contributed by atoms with Crippen molar-refractivity contribution in [1.82, 2.24) is 14.2 Å². The lowest BCUT2D eigenvalue weighted by molar-refractivity contribution is -0.133. The SMILES string of the molecule is Cc1ccc(S(=O)(=O)n2cc3c4c2C(=O)c2c(N5C(=O)C(C)(O)c6ccccc65)n[nH]c2C4=NCC3)cc1. The van der Waals surface area contributed by atoms with E-state index in [0.29, 0.717) is 46.7 Å². The minimum absolute atomic E-state index is 0.0128. The van der Waals surface area contributed by atoms with Crippen molar-refractivity contribution < 1.29 is 23.1 Å². The van der Waals surface area contributed by atoms with Crippen LogP contribution in [0.2, 0.25) is 0 Å². The van der Waals surface area contributed by atoms with Crippen LogP contribution in [0.4, 0.5) is 11.5 Å². The molecule has 11 heteroatoms. The number of aliphatic imine (C=N–C) groups is 1. The predicted molar refractivity (Wildman–Crippen MR) is 138 cm³/mol. The lowest BCUT2D eigenvalue weighted by atomic mass is 9.87. The molecule has 4 heterocycles. The Morgan fingerprint density at radius 3 is 2.55 bits per heavy atom. The van der Waals surface area contributed by atoms with Crippen LogP contribution in [0.25, 0.3) is 0 Å². The van der Waals surface area contributed by atoms with Crippen molar-refractivity contribution in [1.29, 1.82) is 0 Å². The number of hydrogen-bond donors (Lipinski definition) is 2. The van der Waals surface area contributed by atoms with Crippen LogP contribution < -0.4 is 4.90 Å². The molecule has 2 aliphatic heterocycles. The van der Waals surface area contributed by atoms with Crippen molar-refractivity contribution >= 4 is 38.9 Å². The highest BCUT2D eigenvalue weighted by molar-refractivity contribution is 7.90. The molecule has 38 heavy (non-hydrogen) atoms. The summed E-state index contributed by atoms with van der Waals surface area (Å²) in [7, 11) is -4.12. The lowest BCUT2D eigenvalue weighted by Gasteiger charge is -2.22. The Hall–Kier alpha value is -4.35. The van der Waals surface area contributed by atoms with Gasteiger partial charge in [-0.2, -0.15) is 5.10 Å². The summed E-state index contributed by atoms with van der Waals surface area (Å²) in [6.45, 7) is 3.65. The Morgan fingerprint density at radius 1 is 1.05 bits per heavy atom. The molecule has 2 aromatic heterocycles. The number of fused-ring (bicyclic) bond motifs is 3. The van der Waals surface area contributed by atoms with Gasteiger partial charge in [0.05, 0.1) is 27.6 Å². The van der Waals surface area contributed by atoms with E-state index in [1.807, 2.05) is 6.92 Å². The average Bonchev–Trinajstić information content (AvgIpc) is 3.56. The maximum absolute atomic E-state index is 14.2. The number of aromatic amines is 1. The Morgan fingerprint density at radius 2 is 1.79 bits per heavy atom. The van der Waals surface area contributed by atoms with Crippen LogP contribution in [0, 0.1) is 6.92 Å². The molecule has 1 aliphatic carbocycles. The first-order chi connectivity index (χ1) is 18.1. The first kappa shape index (κ1) is 22.8. The summed E-state index contributed by atoms with van der Waals surface area (Å²) in [5.41, 5.74) is 1.75. The van der Waals surface area contributed by atoms with Crippen molar-refractivity contribution in [2.24, 2.45) is 4.99 Å². The second-order valence-corrected chi connectivity index (χ2v) is 11.6. The van der Waals surface area contributed by atoms with E-state index in [9.17, 15) is 23.1 Å². The third kappa shape index (κ3) is 2.77. The highest BCUT2D eigenvalue weighted by Gasteiger charge is 2.50. The van der Waals surface area contributed by atoms with E-state index < -0.39 is 27.3 Å². The Bertz CT molecular complexity index is 1860. The van der Waals surface area contributed by atoms with E-state index in [0.717, 1.165) is 9.54 Å². The minimum Gasteiger partial charge on any atom is -0.375 e. The number of ketones is 1. The molecule has 0 saturated heterocycles. The second kappa shape index (κ2) is 7.36. The van der Waals surface area contributed by atoms with Crippen molar-refractivity contribution in [3.8, 4) is 0 Å². The number of carbonyl (C=O) groups is 2. The molecule has 190 valence electrons. The fraction of sp³-hybridized carbons (Fsp3) is 0.185. The van der Waals surface area contributed by atoms with E-state index in [4.69, 9.17) is 0 Å². The summed E-state index contributed by atoms with van der Waals surface area (Å²) in [5.74, 6) is -1.28. The number of benzene rings is 2. The second-order valence-electron chi connectivity index (χ2n) is 9.83. The van der Waals surface area contributed by atoms with Crippen LogP contribution in [0.15, 0.2) is 64.6 Å². The fourth-order valence-electron chi connectivity index (χ4n) is 5.52. The van der Waals surface area contributed by atoms with Crippen molar-refractivity contribution in [2.75, 3.05) is 11.4 Å². The number of carbonyl (C=O) groups excluding carboxylic acids is 2. The molecule has 7 rings (SSSR count). The summed E-state index contributed by atoms with van der Waals surface area (Å²) in [6, 6.07) is 13.2. The maximum Gasteiger partial charge on any atom is 0.269 e. The quantitative estimate of drug-likeness (QED) is 0.370. The molecule has 0 spiro atoms. The third-order valence-corrected chi connectivity index (χ3v) is 9.12. The van der Waals surface area contributed by atoms with Gasteiger partial charge in [-0.25, -0.2) is 12.4 Å². The van der Waals surface area contributed by atoms with Gasteiger partial charge in [-0.05, 0) is 44.0 Å². The molecule has 10 nitrogen and oxygen atoms in total. The smallest absolute Gasteiger partial charge is 0.269 e. The van der Waals surface area contributed by atoms with Crippen LogP contribution in [0.3, 0.4) is 0 Å². The van der Waals surface area contributed by atoms with E-state index in [-0.39, 0.29) is 22.0 Å².